The standard InChI is InChI=1S/C17H30N4OS/c1-5-15-14(16(6-2)21(4)20-15)11-18-17(22)19-12-8-9-13(10-12)23-7-3/h12-13H,5-11H2,1-4H3,(H2,18,19,22)/t12-,13+/m1/s1. The van der Waals surface area contributed by atoms with Crippen LogP contribution in [0.4, 0.5) is 4.79 Å². The highest BCUT2D eigenvalue weighted by molar-refractivity contribution is 7.99. The molecule has 2 rings (SSSR count). The number of aromatic nitrogens is 2. The molecular weight excluding hydrogens is 308 g/mol. The Balaban J connectivity index is 1.85. The van der Waals surface area contributed by atoms with Crippen molar-refractivity contribution in [1.29, 1.82) is 0 Å². The first-order chi connectivity index (χ1) is 11.1. The third-order valence-corrected chi connectivity index (χ3v) is 5.81. The molecule has 0 spiro atoms. The van der Waals surface area contributed by atoms with Crippen LogP contribution in [0, 0.1) is 0 Å². The van der Waals surface area contributed by atoms with Crippen LogP contribution in [0.25, 0.3) is 0 Å². The summed E-state index contributed by atoms with van der Waals surface area (Å²) in [5, 5.41) is 11.4. The van der Waals surface area contributed by atoms with E-state index in [-0.39, 0.29) is 6.03 Å². The molecular formula is C17H30N4OS. The van der Waals surface area contributed by atoms with Gasteiger partial charge in [-0.3, -0.25) is 4.68 Å². The summed E-state index contributed by atoms with van der Waals surface area (Å²) < 4.78 is 1.94. The van der Waals surface area contributed by atoms with Crippen molar-refractivity contribution in [2.75, 3.05) is 5.75 Å². The van der Waals surface area contributed by atoms with Crippen molar-refractivity contribution in [2.45, 2.75) is 70.7 Å². The predicted octanol–water partition coefficient (Wildman–Crippen LogP) is 3.02. The lowest BCUT2D eigenvalue weighted by Crippen LogP contribution is -2.41. The molecule has 1 fully saturated rings. The molecule has 0 aromatic carbocycles. The number of carbonyl (C=O) groups excluding carboxylic acids is 1. The summed E-state index contributed by atoms with van der Waals surface area (Å²) in [6.07, 6.45) is 5.23. The predicted molar refractivity (Wildman–Crippen MR) is 96.9 cm³/mol. The molecule has 1 heterocycles. The van der Waals surface area contributed by atoms with Crippen molar-refractivity contribution in [3.63, 3.8) is 0 Å². The van der Waals surface area contributed by atoms with Crippen LogP contribution in [0.15, 0.2) is 0 Å². The number of urea groups is 1. The average Bonchev–Trinajstić information content (AvgIpc) is 3.09. The van der Waals surface area contributed by atoms with Gasteiger partial charge >= 0.3 is 6.03 Å². The highest BCUT2D eigenvalue weighted by atomic mass is 32.2. The molecule has 1 aromatic heterocycles. The molecule has 130 valence electrons. The highest BCUT2D eigenvalue weighted by Crippen LogP contribution is 2.29. The Hall–Kier alpha value is -1.17. The fourth-order valence-corrected chi connectivity index (χ4v) is 4.60. The molecule has 1 aromatic rings. The number of carbonyl (C=O) groups is 1. The van der Waals surface area contributed by atoms with Gasteiger partial charge < -0.3 is 10.6 Å². The zero-order valence-corrected chi connectivity index (χ0v) is 15.6. The number of rotatable bonds is 7. The van der Waals surface area contributed by atoms with Crippen LogP contribution in [0.5, 0.6) is 0 Å². The van der Waals surface area contributed by atoms with Gasteiger partial charge in [-0.05, 0) is 37.9 Å². The van der Waals surface area contributed by atoms with Crippen molar-refractivity contribution in [3.05, 3.63) is 17.0 Å². The molecule has 5 nitrogen and oxygen atoms in total. The molecule has 0 bridgehead atoms. The van der Waals surface area contributed by atoms with Crippen molar-refractivity contribution >= 4 is 17.8 Å². The van der Waals surface area contributed by atoms with Crippen LogP contribution in [0.2, 0.25) is 0 Å². The Morgan fingerprint density at radius 2 is 2.09 bits per heavy atom. The van der Waals surface area contributed by atoms with E-state index in [1.165, 1.54) is 17.7 Å². The Morgan fingerprint density at radius 1 is 1.30 bits per heavy atom. The van der Waals surface area contributed by atoms with E-state index in [4.69, 9.17) is 0 Å². The van der Waals surface area contributed by atoms with Crippen LogP contribution < -0.4 is 10.6 Å². The quantitative estimate of drug-likeness (QED) is 0.803. The van der Waals surface area contributed by atoms with Crippen molar-refractivity contribution in [2.24, 2.45) is 7.05 Å². The molecule has 1 saturated carbocycles. The van der Waals surface area contributed by atoms with E-state index in [0.29, 0.717) is 17.8 Å². The number of nitrogens with zero attached hydrogens (tertiary/aromatic N) is 2. The molecule has 1 aliphatic rings. The zero-order chi connectivity index (χ0) is 16.8. The van der Waals surface area contributed by atoms with Crippen LogP contribution in [0.3, 0.4) is 0 Å². The first-order valence-corrected chi connectivity index (χ1v) is 9.83. The van der Waals surface area contributed by atoms with Gasteiger partial charge in [0, 0.05) is 36.1 Å². The third-order valence-electron chi connectivity index (χ3n) is 4.58. The lowest BCUT2D eigenvalue weighted by Gasteiger charge is -2.14. The van der Waals surface area contributed by atoms with E-state index in [2.05, 4.69) is 36.5 Å². The van der Waals surface area contributed by atoms with Gasteiger partial charge in [-0.25, -0.2) is 4.79 Å². The van der Waals surface area contributed by atoms with Gasteiger partial charge in [-0.2, -0.15) is 16.9 Å². The molecule has 0 aliphatic heterocycles. The molecule has 2 amide bonds. The van der Waals surface area contributed by atoms with E-state index >= 15 is 0 Å². The van der Waals surface area contributed by atoms with E-state index in [9.17, 15) is 4.79 Å². The monoisotopic (exact) mass is 338 g/mol. The fourth-order valence-electron chi connectivity index (χ4n) is 3.46. The molecule has 0 unspecified atom stereocenters. The Kier molecular flexibility index (Phi) is 6.81. The summed E-state index contributed by atoms with van der Waals surface area (Å²) in [5.41, 5.74) is 3.48. The minimum absolute atomic E-state index is 0.0508. The molecule has 2 atom stereocenters. The third kappa shape index (κ3) is 4.66. The van der Waals surface area contributed by atoms with E-state index in [1.807, 2.05) is 23.5 Å². The maximum absolute atomic E-state index is 12.2. The number of nitrogens with one attached hydrogen (secondary N) is 2. The number of hydrogen-bond donors (Lipinski definition) is 2. The molecule has 0 saturated heterocycles. The van der Waals surface area contributed by atoms with Gasteiger partial charge in [0.05, 0.1) is 5.69 Å². The summed E-state index contributed by atoms with van der Waals surface area (Å²) in [5.74, 6) is 1.16. The Labute approximate surface area is 144 Å². The lowest BCUT2D eigenvalue weighted by molar-refractivity contribution is 0.236. The van der Waals surface area contributed by atoms with Crippen molar-refractivity contribution in [3.8, 4) is 0 Å². The molecule has 2 N–H and O–H groups in total. The maximum Gasteiger partial charge on any atom is 0.315 e. The minimum Gasteiger partial charge on any atom is -0.335 e. The Bertz CT molecular complexity index is 529. The van der Waals surface area contributed by atoms with Crippen molar-refractivity contribution in [1.82, 2.24) is 20.4 Å². The normalized spacial score (nSPS) is 20.7. The van der Waals surface area contributed by atoms with Gasteiger partial charge in [0.2, 0.25) is 0 Å². The first kappa shape index (κ1) is 18.2. The molecule has 6 heteroatoms. The van der Waals surface area contributed by atoms with Gasteiger partial charge in [-0.1, -0.05) is 20.8 Å². The van der Waals surface area contributed by atoms with Crippen LogP contribution in [0.1, 0.15) is 57.0 Å². The summed E-state index contributed by atoms with van der Waals surface area (Å²) in [6, 6.07) is 0.273. The summed E-state index contributed by atoms with van der Waals surface area (Å²) >= 11 is 2.01. The molecule has 23 heavy (non-hydrogen) atoms. The second-order valence-corrected chi connectivity index (χ2v) is 7.69. The second kappa shape index (κ2) is 8.62. The topological polar surface area (TPSA) is 59.0 Å². The lowest BCUT2D eigenvalue weighted by atomic mass is 10.1. The van der Waals surface area contributed by atoms with E-state index in [0.717, 1.165) is 37.1 Å². The first-order valence-electron chi connectivity index (χ1n) is 8.78. The summed E-state index contributed by atoms with van der Waals surface area (Å²) in [4.78, 5) is 12.2. The molecule has 1 aliphatic carbocycles. The van der Waals surface area contributed by atoms with Gasteiger partial charge in [0.1, 0.15) is 0 Å². The highest BCUT2D eigenvalue weighted by Gasteiger charge is 2.25. The maximum atomic E-state index is 12.2. The van der Waals surface area contributed by atoms with E-state index < -0.39 is 0 Å². The van der Waals surface area contributed by atoms with E-state index in [1.54, 1.807) is 0 Å². The van der Waals surface area contributed by atoms with Crippen molar-refractivity contribution < 1.29 is 4.79 Å². The van der Waals surface area contributed by atoms with Crippen LogP contribution in [-0.2, 0) is 26.4 Å². The SMILES string of the molecule is CCS[C@H]1CC[C@@H](NC(=O)NCc2c(CC)nn(C)c2CC)C1. The fraction of sp³-hybridized carbons (Fsp3) is 0.765. The number of amides is 2. The van der Waals surface area contributed by atoms with Gasteiger partial charge in [-0.15, -0.1) is 0 Å². The second-order valence-electron chi connectivity index (χ2n) is 6.12. The zero-order valence-electron chi connectivity index (χ0n) is 14.8. The van der Waals surface area contributed by atoms with Gasteiger partial charge in [0.25, 0.3) is 0 Å². The summed E-state index contributed by atoms with van der Waals surface area (Å²) in [6.45, 7) is 6.99. The summed E-state index contributed by atoms with van der Waals surface area (Å²) in [7, 11) is 1.98. The van der Waals surface area contributed by atoms with Gasteiger partial charge in [0.15, 0.2) is 0 Å². The minimum atomic E-state index is -0.0508. The van der Waals surface area contributed by atoms with Crippen LogP contribution >= 0.6 is 11.8 Å². The smallest absolute Gasteiger partial charge is 0.315 e. The molecule has 0 radical (unpaired) electrons. The largest absolute Gasteiger partial charge is 0.335 e. The average molecular weight is 339 g/mol. The number of hydrogen-bond acceptors (Lipinski definition) is 3. The Morgan fingerprint density at radius 3 is 2.74 bits per heavy atom. The number of thioether (sulfide) groups is 1. The number of aryl methyl sites for hydroxylation is 2. The van der Waals surface area contributed by atoms with Crippen LogP contribution in [-0.4, -0.2) is 32.9 Å².